The summed E-state index contributed by atoms with van der Waals surface area (Å²) < 4.78 is 7.03. The predicted octanol–water partition coefficient (Wildman–Crippen LogP) is 3.42. The lowest BCUT2D eigenvalue weighted by atomic mass is 10.1. The molecule has 0 atom stereocenters. The predicted molar refractivity (Wildman–Crippen MR) is 112 cm³/mol. The van der Waals surface area contributed by atoms with Crippen molar-refractivity contribution in [3.05, 3.63) is 95.9 Å². The topological polar surface area (TPSA) is 89.2 Å². The Balaban J connectivity index is 1.56. The summed E-state index contributed by atoms with van der Waals surface area (Å²) in [6.07, 6.45) is 1.57. The van der Waals surface area contributed by atoms with Crippen LogP contribution in [0, 0.1) is 0 Å². The van der Waals surface area contributed by atoms with Gasteiger partial charge < -0.3 is 15.1 Å². The second-order valence-electron chi connectivity index (χ2n) is 6.60. The zero-order valence-corrected chi connectivity index (χ0v) is 16.3. The fourth-order valence-corrected chi connectivity index (χ4v) is 3.04. The maximum atomic E-state index is 12.9. The minimum atomic E-state index is -0.264. The van der Waals surface area contributed by atoms with E-state index in [1.54, 1.807) is 48.3 Å². The molecule has 0 fully saturated rings. The number of aromatic nitrogens is 2. The minimum absolute atomic E-state index is 0.150. The first kappa shape index (κ1) is 19.2. The van der Waals surface area contributed by atoms with Gasteiger partial charge in [0, 0.05) is 25.2 Å². The van der Waals surface area contributed by atoms with Gasteiger partial charge in [-0.05, 0) is 42.0 Å². The number of furan rings is 1. The number of para-hydroxylation sites is 1. The van der Waals surface area contributed by atoms with Crippen LogP contribution in [0.15, 0.2) is 83.5 Å². The third kappa shape index (κ3) is 4.00. The average Bonchev–Trinajstić information content (AvgIpc) is 3.48. The molecule has 4 aromatic rings. The van der Waals surface area contributed by atoms with Crippen LogP contribution in [-0.4, -0.2) is 28.6 Å². The highest BCUT2D eigenvalue weighted by Crippen LogP contribution is 2.22. The van der Waals surface area contributed by atoms with E-state index >= 15 is 0 Å². The molecule has 2 aromatic carbocycles. The lowest BCUT2D eigenvalue weighted by Crippen LogP contribution is -2.25. The highest BCUT2D eigenvalue weighted by Gasteiger charge is 2.18. The van der Waals surface area contributed by atoms with Crippen LogP contribution in [0.5, 0.6) is 0 Å². The Morgan fingerprint density at radius 3 is 2.40 bits per heavy atom. The van der Waals surface area contributed by atoms with E-state index in [4.69, 9.17) is 4.42 Å². The largest absolute Gasteiger partial charge is 0.463 e. The number of benzene rings is 2. The molecule has 150 valence electrons. The Morgan fingerprint density at radius 1 is 0.967 bits per heavy atom. The van der Waals surface area contributed by atoms with Crippen molar-refractivity contribution >= 4 is 11.8 Å². The number of nitrogens with zero attached hydrogens (tertiary/aromatic N) is 2. The first-order valence-corrected chi connectivity index (χ1v) is 9.44. The van der Waals surface area contributed by atoms with Crippen molar-refractivity contribution in [2.45, 2.75) is 6.54 Å². The number of hydrogen-bond donors (Lipinski definition) is 2. The molecular weight excluding hydrogens is 380 g/mol. The summed E-state index contributed by atoms with van der Waals surface area (Å²) in [6.45, 7) is 0.322. The van der Waals surface area contributed by atoms with Crippen LogP contribution < -0.4 is 10.6 Å². The third-order valence-corrected chi connectivity index (χ3v) is 4.61. The molecule has 4 rings (SSSR count). The summed E-state index contributed by atoms with van der Waals surface area (Å²) in [5, 5.41) is 10.1. The summed E-state index contributed by atoms with van der Waals surface area (Å²) in [6, 6.07) is 21.8. The number of rotatable bonds is 6. The Bertz CT molecular complexity index is 1150. The summed E-state index contributed by atoms with van der Waals surface area (Å²) in [5.74, 6) is 0.172. The Morgan fingerprint density at radius 2 is 1.73 bits per heavy atom. The average molecular weight is 400 g/mol. The number of nitrogens with one attached hydrogen (secondary N) is 2. The smallest absolute Gasteiger partial charge is 0.270 e. The van der Waals surface area contributed by atoms with E-state index < -0.39 is 0 Å². The second kappa shape index (κ2) is 8.48. The zero-order chi connectivity index (χ0) is 20.9. The molecule has 0 saturated heterocycles. The van der Waals surface area contributed by atoms with Crippen LogP contribution in [0.3, 0.4) is 0 Å². The van der Waals surface area contributed by atoms with Crippen LogP contribution in [0.2, 0.25) is 0 Å². The zero-order valence-electron chi connectivity index (χ0n) is 16.3. The summed E-state index contributed by atoms with van der Waals surface area (Å²) in [5.41, 5.74) is 3.19. The Hall–Kier alpha value is -4.13. The van der Waals surface area contributed by atoms with Crippen LogP contribution >= 0.6 is 0 Å². The van der Waals surface area contributed by atoms with E-state index in [2.05, 4.69) is 15.7 Å². The summed E-state index contributed by atoms with van der Waals surface area (Å²) >= 11 is 0. The van der Waals surface area contributed by atoms with E-state index in [0.29, 0.717) is 29.3 Å². The van der Waals surface area contributed by atoms with E-state index in [1.165, 1.54) is 0 Å². The second-order valence-corrected chi connectivity index (χ2v) is 6.60. The first-order chi connectivity index (χ1) is 14.7. The normalized spacial score (nSPS) is 10.6. The van der Waals surface area contributed by atoms with Gasteiger partial charge in [0.1, 0.15) is 11.4 Å². The molecular formula is C23H20N4O3. The molecule has 2 aromatic heterocycles. The van der Waals surface area contributed by atoms with Gasteiger partial charge >= 0.3 is 0 Å². The van der Waals surface area contributed by atoms with Crippen molar-refractivity contribution in [3.63, 3.8) is 0 Å². The molecule has 7 nitrogen and oxygen atoms in total. The Kier molecular flexibility index (Phi) is 5.43. The molecule has 0 unspecified atom stereocenters. The molecule has 0 bridgehead atoms. The van der Waals surface area contributed by atoms with Gasteiger partial charge in [0.15, 0.2) is 5.76 Å². The highest BCUT2D eigenvalue weighted by atomic mass is 16.3. The number of carbonyl (C=O) groups excluding carboxylic acids is 2. The van der Waals surface area contributed by atoms with Crippen molar-refractivity contribution in [3.8, 4) is 17.1 Å². The fraction of sp³-hybridized carbons (Fsp3) is 0.0870. The minimum Gasteiger partial charge on any atom is -0.463 e. The van der Waals surface area contributed by atoms with E-state index in [-0.39, 0.29) is 11.8 Å². The number of carbonyl (C=O) groups is 2. The van der Waals surface area contributed by atoms with E-state index in [1.807, 2.05) is 42.5 Å². The monoisotopic (exact) mass is 400 g/mol. The molecule has 0 spiro atoms. The van der Waals surface area contributed by atoms with Crippen molar-refractivity contribution in [2.24, 2.45) is 0 Å². The maximum absolute atomic E-state index is 12.9. The van der Waals surface area contributed by atoms with Crippen molar-refractivity contribution in [1.29, 1.82) is 0 Å². The van der Waals surface area contributed by atoms with Gasteiger partial charge in [0.2, 0.25) is 0 Å². The molecule has 2 amide bonds. The van der Waals surface area contributed by atoms with Crippen LogP contribution in [0.1, 0.15) is 26.4 Å². The lowest BCUT2D eigenvalue weighted by Gasteiger charge is -2.09. The van der Waals surface area contributed by atoms with E-state index in [9.17, 15) is 9.59 Å². The maximum Gasteiger partial charge on any atom is 0.270 e. The molecule has 2 N–H and O–H groups in total. The third-order valence-electron chi connectivity index (χ3n) is 4.61. The van der Waals surface area contributed by atoms with Gasteiger partial charge in [0.05, 0.1) is 12.0 Å². The first-order valence-electron chi connectivity index (χ1n) is 9.44. The highest BCUT2D eigenvalue weighted by molar-refractivity contribution is 5.95. The fourth-order valence-electron chi connectivity index (χ4n) is 3.04. The molecule has 0 aliphatic rings. The van der Waals surface area contributed by atoms with E-state index in [0.717, 1.165) is 11.3 Å². The molecule has 2 heterocycles. The van der Waals surface area contributed by atoms with Gasteiger partial charge in [-0.3, -0.25) is 9.59 Å². The molecule has 0 saturated carbocycles. The standard InChI is InChI=1S/C23H20N4O3/c1-24-22(28)17-11-9-16(10-12-17)15-25-23(29)20-14-19(21-8-5-13-30-21)26-27(20)18-6-3-2-4-7-18/h2-14H,15H2,1H3,(H,24,28)(H,25,29). The van der Waals surface area contributed by atoms with Gasteiger partial charge in [0.25, 0.3) is 11.8 Å². The molecule has 0 aliphatic carbocycles. The Labute approximate surface area is 173 Å². The molecule has 0 radical (unpaired) electrons. The van der Waals surface area contributed by atoms with Crippen molar-refractivity contribution in [1.82, 2.24) is 20.4 Å². The van der Waals surface area contributed by atoms with Crippen molar-refractivity contribution in [2.75, 3.05) is 7.05 Å². The van der Waals surface area contributed by atoms with Gasteiger partial charge in [-0.15, -0.1) is 0 Å². The molecule has 7 heteroatoms. The SMILES string of the molecule is CNC(=O)c1ccc(CNC(=O)c2cc(-c3ccco3)nn2-c2ccccc2)cc1. The van der Waals surface area contributed by atoms with Crippen molar-refractivity contribution < 1.29 is 14.0 Å². The van der Waals surface area contributed by atoms with Gasteiger partial charge in [-0.2, -0.15) is 5.10 Å². The quantitative estimate of drug-likeness (QED) is 0.519. The number of hydrogen-bond acceptors (Lipinski definition) is 4. The van der Waals surface area contributed by atoms with Gasteiger partial charge in [-0.1, -0.05) is 30.3 Å². The van der Waals surface area contributed by atoms with Crippen LogP contribution in [0.25, 0.3) is 17.1 Å². The summed E-state index contributed by atoms with van der Waals surface area (Å²) in [4.78, 5) is 24.6. The summed E-state index contributed by atoms with van der Waals surface area (Å²) in [7, 11) is 1.59. The van der Waals surface area contributed by atoms with Crippen LogP contribution in [0.4, 0.5) is 0 Å². The molecule has 0 aliphatic heterocycles. The lowest BCUT2D eigenvalue weighted by molar-refractivity contribution is 0.0939. The number of amides is 2. The molecule has 30 heavy (non-hydrogen) atoms. The van der Waals surface area contributed by atoms with Crippen LogP contribution in [-0.2, 0) is 6.54 Å². The van der Waals surface area contributed by atoms with Gasteiger partial charge in [-0.25, -0.2) is 4.68 Å².